The number of hydrogen-bond donors (Lipinski definition) is 0. The van der Waals surface area contributed by atoms with Crippen molar-refractivity contribution in [1.82, 2.24) is 25.1 Å². The van der Waals surface area contributed by atoms with Crippen molar-refractivity contribution in [2.75, 3.05) is 0 Å². The van der Waals surface area contributed by atoms with E-state index in [2.05, 4.69) is 25.1 Å². The molecule has 2 aromatic rings. The summed E-state index contributed by atoms with van der Waals surface area (Å²) >= 11 is 0. The minimum atomic E-state index is 0.611. The molecule has 0 radical (unpaired) electrons. The van der Waals surface area contributed by atoms with E-state index in [4.69, 9.17) is 0 Å². The summed E-state index contributed by atoms with van der Waals surface area (Å²) in [7, 11) is 0. The molecule has 0 aliphatic rings. The van der Waals surface area contributed by atoms with Crippen LogP contribution in [0.4, 0.5) is 0 Å². The third-order valence-corrected chi connectivity index (χ3v) is 1.34. The first-order valence-electron chi connectivity index (χ1n) is 3.36. The van der Waals surface area contributed by atoms with Crippen LogP contribution < -0.4 is 0 Å². The van der Waals surface area contributed by atoms with Crippen molar-refractivity contribution < 1.29 is 0 Å². The summed E-state index contributed by atoms with van der Waals surface area (Å²) in [6, 6.07) is 1.79. The Bertz CT molecular complexity index is 309. The number of rotatable bonds is 1. The molecule has 0 fully saturated rings. The standard InChI is InChI=1S/C7H5N5/c1-2-11-12-3-6(1)7-9-4-8-5-10-7/h1-5H. The van der Waals surface area contributed by atoms with Crippen molar-refractivity contribution in [3.63, 3.8) is 0 Å². The van der Waals surface area contributed by atoms with Crippen molar-refractivity contribution >= 4 is 0 Å². The van der Waals surface area contributed by atoms with E-state index in [0.29, 0.717) is 5.82 Å². The molecule has 0 aromatic carbocycles. The van der Waals surface area contributed by atoms with Crippen LogP contribution in [0.3, 0.4) is 0 Å². The summed E-state index contributed by atoms with van der Waals surface area (Å²) in [4.78, 5) is 11.6. The Hall–Kier alpha value is -1.91. The van der Waals surface area contributed by atoms with Crippen LogP contribution >= 0.6 is 0 Å². The van der Waals surface area contributed by atoms with Crippen molar-refractivity contribution in [2.45, 2.75) is 0 Å². The Balaban J connectivity index is 2.46. The molecule has 0 aliphatic heterocycles. The molecule has 12 heavy (non-hydrogen) atoms. The van der Waals surface area contributed by atoms with Crippen molar-refractivity contribution in [2.24, 2.45) is 0 Å². The van der Waals surface area contributed by atoms with E-state index in [-0.39, 0.29) is 0 Å². The van der Waals surface area contributed by atoms with Crippen LogP contribution in [0.2, 0.25) is 0 Å². The van der Waals surface area contributed by atoms with Crippen molar-refractivity contribution in [1.29, 1.82) is 0 Å². The Kier molecular flexibility index (Phi) is 1.69. The summed E-state index contributed by atoms with van der Waals surface area (Å²) in [5.41, 5.74) is 0.840. The summed E-state index contributed by atoms with van der Waals surface area (Å²) < 4.78 is 0. The van der Waals surface area contributed by atoms with Crippen LogP contribution in [-0.2, 0) is 0 Å². The minimum Gasteiger partial charge on any atom is -0.225 e. The lowest BCUT2D eigenvalue weighted by molar-refractivity contribution is 1.01. The maximum Gasteiger partial charge on any atom is 0.164 e. The SMILES string of the molecule is c1cc(-c2ncncn2)cnn1. The average Bonchev–Trinajstić information content (AvgIpc) is 2.21. The van der Waals surface area contributed by atoms with Gasteiger partial charge in [0.2, 0.25) is 0 Å². The van der Waals surface area contributed by atoms with E-state index < -0.39 is 0 Å². The molecule has 0 bridgehead atoms. The molecule has 2 rings (SSSR count). The van der Waals surface area contributed by atoms with E-state index >= 15 is 0 Å². The lowest BCUT2D eigenvalue weighted by atomic mass is 10.3. The van der Waals surface area contributed by atoms with Crippen molar-refractivity contribution in [3.05, 3.63) is 31.1 Å². The fourth-order valence-corrected chi connectivity index (χ4v) is 0.811. The van der Waals surface area contributed by atoms with Gasteiger partial charge in [0.15, 0.2) is 5.82 Å². The fourth-order valence-electron chi connectivity index (χ4n) is 0.811. The van der Waals surface area contributed by atoms with E-state index in [1.165, 1.54) is 12.7 Å². The predicted octanol–water partition coefficient (Wildman–Crippen LogP) is 0.329. The van der Waals surface area contributed by atoms with Gasteiger partial charge in [0.1, 0.15) is 12.7 Å². The maximum atomic E-state index is 3.96. The number of hydrogen-bond acceptors (Lipinski definition) is 5. The van der Waals surface area contributed by atoms with Crippen LogP contribution in [0.1, 0.15) is 0 Å². The van der Waals surface area contributed by atoms with Gasteiger partial charge in [-0.05, 0) is 6.07 Å². The predicted molar refractivity (Wildman–Crippen MR) is 40.9 cm³/mol. The Morgan fingerprint density at radius 1 is 1.00 bits per heavy atom. The van der Waals surface area contributed by atoms with Crippen LogP contribution in [0.5, 0.6) is 0 Å². The maximum absolute atomic E-state index is 3.96. The van der Waals surface area contributed by atoms with E-state index in [0.717, 1.165) is 5.56 Å². The first-order valence-corrected chi connectivity index (χ1v) is 3.36. The second-order valence-corrected chi connectivity index (χ2v) is 2.09. The monoisotopic (exact) mass is 159 g/mol. The molecule has 0 spiro atoms. The molecule has 0 unspecified atom stereocenters. The molecule has 0 atom stereocenters. The summed E-state index contributed by atoms with van der Waals surface area (Å²) in [6.07, 6.45) is 6.10. The summed E-state index contributed by atoms with van der Waals surface area (Å²) in [6.45, 7) is 0. The molecule has 5 heteroatoms. The Labute approximate surface area is 68.6 Å². The third-order valence-electron chi connectivity index (χ3n) is 1.34. The molecule has 0 aliphatic carbocycles. The second kappa shape index (κ2) is 3.00. The largest absolute Gasteiger partial charge is 0.225 e. The molecular formula is C7H5N5. The minimum absolute atomic E-state index is 0.611. The van der Waals surface area contributed by atoms with Gasteiger partial charge in [-0.25, -0.2) is 15.0 Å². The van der Waals surface area contributed by atoms with Crippen LogP contribution in [-0.4, -0.2) is 25.1 Å². The van der Waals surface area contributed by atoms with Gasteiger partial charge in [-0.15, -0.1) is 0 Å². The highest BCUT2D eigenvalue weighted by atomic mass is 15.1. The van der Waals surface area contributed by atoms with Crippen LogP contribution in [0.15, 0.2) is 31.1 Å². The van der Waals surface area contributed by atoms with E-state index in [1.54, 1.807) is 18.5 Å². The van der Waals surface area contributed by atoms with E-state index in [9.17, 15) is 0 Å². The molecule has 2 heterocycles. The first-order chi connectivity index (χ1) is 5.97. The third kappa shape index (κ3) is 1.24. The normalized spacial score (nSPS) is 9.67. The summed E-state index contributed by atoms with van der Waals surface area (Å²) in [5.74, 6) is 0.611. The lowest BCUT2D eigenvalue weighted by Crippen LogP contribution is -1.89. The molecule has 0 amide bonds. The zero-order valence-electron chi connectivity index (χ0n) is 6.12. The smallest absolute Gasteiger partial charge is 0.164 e. The molecule has 0 saturated carbocycles. The highest BCUT2D eigenvalue weighted by molar-refractivity contribution is 5.51. The van der Waals surface area contributed by atoms with Gasteiger partial charge < -0.3 is 0 Å². The van der Waals surface area contributed by atoms with E-state index in [1.807, 2.05) is 0 Å². The van der Waals surface area contributed by atoms with Crippen LogP contribution in [0, 0.1) is 0 Å². The average molecular weight is 159 g/mol. The van der Waals surface area contributed by atoms with Gasteiger partial charge >= 0.3 is 0 Å². The first kappa shape index (κ1) is 6.78. The molecule has 0 saturated heterocycles. The van der Waals surface area contributed by atoms with Crippen LogP contribution in [0.25, 0.3) is 11.4 Å². The number of nitrogens with zero attached hydrogens (tertiary/aromatic N) is 5. The molecule has 5 nitrogen and oxygen atoms in total. The zero-order chi connectivity index (χ0) is 8.23. The highest BCUT2D eigenvalue weighted by Crippen LogP contribution is 2.08. The number of aromatic nitrogens is 5. The molecular weight excluding hydrogens is 154 g/mol. The molecule has 0 N–H and O–H groups in total. The Morgan fingerprint density at radius 3 is 2.50 bits per heavy atom. The second-order valence-electron chi connectivity index (χ2n) is 2.09. The quantitative estimate of drug-likeness (QED) is 0.599. The van der Waals surface area contributed by atoms with Gasteiger partial charge in [0, 0.05) is 5.56 Å². The molecule has 58 valence electrons. The van der Waals surface area contributed by atoms with Gasteiger partial charge in [-0.2, -0.15) is 10.2 Å². The lowest BCUT2D eigenvalue weighted by Gasteiger charge is -1.94. The zero-order valence-corrected chi connectivity index (χ0v) is 6.12. The van der Waals surface area contributed by atoms with Gasteiger partial charge in [0.25, 0.3) is 0 Å². The van der Waals surface area contributed by atoms with Crippen molar-refractivity contribution in [3.8, 4) is 11.4 Å². The molecule has 2 aromatic heterocycles. The Morgan fingerprint density at radius 2 is 1.83 bits per heavy atom. The summed E-state index contributed by atoms with van der Waals surface area (Å²) in [5, 5.41) is 7.36. The highest BCUT2D eigenvalue weighted by Gasteiger charge is 1.97. The fraction of sp³-hybridized carbons (Fsp3) is 0. The topological polar surface area (TPSA) is 64.5 Å². The van der Waals surface area contributed by atoms with Gasteiger partial charge in [0.05, 0.1) is 12.4 Å². The van der Waals surface area contributed by atoms with Gasteiger partial charge in [-0.3, -0.25) is 0 Å². The van der Waals surface area contributed by atoms with Gasteiger partial charge in [-0.1, -0.05) is 0 Å².